The Bertz CT molecular complexity index is 456. The molecule has 92 valence electrons. The molecule has 0 aliphatic rings. The lowest BCUT2D eigenvalue weighted by molar-refractivity contribution is -0.276. The molecule has 4 nitrogen and oxygen atoms in total. The van der Waals surface area contributed by atoms with E-state index in [2.05, 4.69) is 9.72 Å². The van der Waals surface area contributed by atoms with Crippen LogP contribution in [0.4, 0.5) is 13.2 Å². The van der Waals surface area contributed by atoms with E-state index in [0.29, 0.717) is 5.56 Å². The van der Waals surface area contributed by atoms with Gasteiger partial charge in [0, 0.05) is 6.54 Å². The maximum atomic E-state index is 12.1. The minimum Gasteiger partial charge on any atom is -0.387 e. The molecule has 1 aromatic rings. The number of halogens is 4. The van der Waals surface area contributed by atoms with Crippen molar-refractivity contribution in [1.82, 2.24) is 4.98 Å². The first-order chi connectivity index (χ1) is 7.87. The third-order valence-electron chi connectivity index (χ3n) is 1.79. The molecule has 0 aliphatic carbocycles. The molecule has 1 heterocycles. The predicted octanol–water partition coefficient (Wildman–Crippen LogP) is 2.11. The van der Waals surface area contributed by atoms with Gasteiger partial charge in [0.2, 0.25) is 5.88 Å². The molecule has 8 heteroatoms. The van der Waals surface area contributed by atoms with Gasteiger partial charge in [-0.1, -0.05) is 0 Å². The van der Waals surface area contributed by atoms with Gasteiger partial charge in [0.25, 0.3) is 0 Å². The van der Waals surface area contributed by atoms with E-state index in [1.165, 1.54) is 6.07 Å². The number of alkyl halides is 3. The maximum absolute atomic E-state index is 12.1. The van der Waals surface area contributed by atoms with Crippen molar-refractivity contribution in [2.24, 2.45) is 5.73 Å². The molecule has 0 saturated heterocycles. The average Bonchev–Trinajstić information content (AvgIpc) is 2.20. The number of hydrogen-bond donors (Lipinski definition) is 1. The smallest absolute Gasteiger partial charge is 0.387 e. The van der Waals surface area contributed by atoms with E-state index in [9.17, 15) is 13.2 Å². The van der Waals surface area contributed by atoms with Crippen molar-refractivity contribution in [2.75, 3.05) is 0 Å². The summed E-state index contributed by atoms with van der Waals surface area (Å²) in [5.74, 6) is -0.541. The first kappa shape index (κ1) is 14.0. The van der Waals surface area contributed by atoms with Crippen molar-refractivity contribution < 1.29 is 17.9 Å². The number of aromatic nitrogens is 1. The summed E-state index contributed by atoms with van der Waals surface area (Å²) >= 11 is 1.66. The number of ether oxygens (including phenoxy) is 1. The number of nitrogens with zero attached hydrogens (tertiary/aromatic N) is 2. The molecule has 0 atom stereocenters. The van der Waals surface area contributed by atoms with Crippen LogP contribution in [0.1, 0.15) is 11.3 Å². The molecule has 0 amide bonds. The summed E-state index contributed by atoms with van der Waals surface area (Å²) in [6, 6.07) is 3.31. The summed E-state index contributed by atoms with van der Waals surface area (Å²) in [4.78, 5) is 3.67. The van der Waals surface area contributed by atoms with Crippen LogP contribution in [0.5, 0.6) is 5.88 Å². The van der Waals surface area contributed by atoms with Crippen molar-refractivity contribution in [3.05, 3.63) is 20.9 Å². The molecule has 0 aliphatic heterocycles. The summed E-state index contributed by atoms with van der Waals surface area (Å²) in [6.45, 7) is -0.0534. The topological polar surface area (TPSA) is 71.9 Å². The largest absolute Gasteiger partial charge is 0.574 e. The number of hydrogen-bond acceptors (Lipinski definition) is 4. The summed E-state index contributed by atoms with van der Waals surface area (Å²) in [5, 5.41) is 8.55. The second-order valence-electron chi connectivity index (χ2n) is 2.97. The van der Waals surface area contributed by atoms with Crippen LogP contribution < -0.4 is 10.5 Å². The lowest BCUT2D eigenvalue weighted by Gasteiger charge is -2.12. The minimum atomic E-state index is -4.80. The molecule has 1 aromatic heterocycles. The van der Waals surface area contributed by atoms with E-state index in [1.54, 1.807) is 22.6 Å². The fraction of sp³-hybridized carbons (Fsp3) is 0.333. The zero-order chi connectivity index (χ0) is 13.1. The highest BCUT2D eigenvalue weighted by atomic mass is 127. The van der Waals surface area contributed by atoms with Gasteiger partial charge in [0.1, 0.15) is 0 Å². The average molecular weight is 357 g/mol. The molecule has 0 saturated carbocycles. The van der Waals surface area contributed by atoms with Crippen molar-refractivity contribution in [2.45, 2.75) is 19.3 Å². The predicted molar refractivity (Wildman–Crippen MR) is 60.8 cm³/mol. The van der Waals surface area contributed by atoms with Crippen LogP contribution in [-0.2, 0) is 13.0 Å². The van der Waals surface area contributed by atoms with Crippen LogP contribution in [0.2, 0.25) is 0 Å². The number of nitriles is 1. The van der Waals surface area contributed by atoms with Gasteiger partial charge in [-0.15, -0.1) is 13.2 Å². The molecule has 0 fully saturated rings. The molecular formula is C9H7F3IN3O. The Balaban J connectivity index is 3.14. The van der Waals surface area contributed by atoms with Gasteiger partial charge >= 0.3 is 6.36 Å². The Morgan fingerprint density at radius 2 is 2.18 bits per heavy atom. The number of pyridine rings is 1. The molecule has 0 bridgehead atoms. The van der Waals surface area contributed by atoms with Gasteiger partial charge < -0.3 is 10.5 Å². The lowest BCUT2D eigenvalue weighted by Crippen LogP contribution is -2.20. The van der Waals surface area contributed by atoms with Gasteiger partial charge in [-0.05, 0) is 34.2 Å². The van der Waals surface area contributed by atoms with Crippen LogP contribution >= 0.6 is 22.6 Å². The highest BCUT2D eigenvalue weighted by Gasteiger charge is 2.33. The zero-order valence-corrected chi connectivity index (χ0v) is 10.5. The Morgan fingerprint density at radius 1 is 1.53 bits per heavy atom. The third kappa shape index (κ3) is 4.01. The Hall–Kier alpha value is -1.08. The highest BCUT2D eigenvalue weighted by molar-refractivity contribution is 14.1. The molecular weight excluding hydrogens is 350 g/mol. The number of nitrogens with two attached hydrogens (primary N) is 1. The van der Waals surface area contributed by atoms with Gasteiger partial charge in [-0.25, -0.2) is 4.98 Å². The molecule has 2 N–H and O–H groups in total. The van der Waals surface area contributed by atoms with Crippen molar-refractivity contribution in [1.29, 1.82) is 5.26 Å². The summed E-state index contributed by atoms with van der Waals surface area (Å²) in [7, 11) is 0. The molecule has 0 aromatic carbocycles. The standard InChI is InChI=1S/C9H7F3IN3O/c10-9(11,12)17-8-6(13)3-5(1-2-14)7(4-15)16-8/h3H,1,4,15H2. The second-order valence-corrected chi connectivity index (χ2v) is 4.13. The monoisotopic (exact) mass is 357 g/mol. The van der Waals surface area contributed by atoms with E-state index in [0.717, 1.165) is 0 Å². The van der Waals surface area contributed by atoms with E-state index in [4.69, 9.17) is 11.0 Å². The van der Waals surface area contributed by atoms with E-state index in [-0.39, 0.29) is 22.2 Å². The van der Waals surface area contributed by atoms with E-state index in [1.807, 2.05) is 6.07 Å². The van der Waals surface area contributed by atoms with Crippen molar-refractivity contribution in [3.63, 3.8) is 0 Å². The van der Waals surface area contributed by atoms with Crippen molar-refractivity contribution >= 4 is 22.6 Å². The summed E-state index contributed by atoms with van der Waals surface area (Å²) in [6.07, 6.45) is -4.75. The second kappa shape index (κ2) is 5.50. The molecule has 0 radical (unpaired) electrons. The number of rotatable bonds is 3. The quantitative estimate of drug-likeness (QED) is 0.842. The summed E-state index contributed by atoms with van der Waals surface area (Å²) in [5.41, 5.74) is 6.09. The first-order valence-electron chi connectivity index (χ1n) is 4.38. The molecule has 17 heavy (non-hydrogen) atoms. The lowest BCUT2D eigenvalue weighted by atomic mass is 10.1. The minimum absolute atomic E-state index is 0.0435. The van der Waals surface area contributed by atoms with Crippen molar-refractivity contribution in [3.8, 4) is 11.9 Å². The van der Waals surface area contributed by atoms with Gasteiger partial charge in [0.05, 0.1) is 21.8 Å². The molecule has 1 rings (SSSR count). The van der Waals surface area contributed by atoms with Crippen LogP contribution in [-0.4, -0.2) is 11.3 Å². The zero-order valence-electron chi connectivity index (χ0n) is 8.38. The highest BCUT2D eigenvalue weighted by Crippen LogP contribution is 2.27. The Morgan fingerprint density at radius 3 is 2.65 bits per heavy atom. The molecule has 0 spiro atoms. The van der Waals surface area contributed by atoms with Gasteiger partial charge in [0.15, 0.2) is 0 Å². The summed E-state index contributed by atoms with van der Waals surface area (Å²) < 4.78 is 40.1. The Labute approximate surface area is 109 Å². The fourth-order valence-electron chi connectivity index (χ4n) is 1.14. The van der Waals surface area contributed by atoms with Crippen LogP contribution in [0.3, 0.4) is 0 Å². The molecule has 0 unspecified atom stereocenters. The van der Waals surface area contributed by atoms with Gasteiger partial charge in [-0.2, -0.15) is 5.26 Å². The normalized spacial score (nSPS) is 11.1. The van der Waals surface area contributed by atoms with Crippen LogP contribution in [0.15, 0.2) is 6.07 Å². The van der Waals surface area contributed by atoms with Crippen LogP contribution in [0.25, 0.3) is 0 Å². The van der Waals surface area contributed by atoms with Crippen LogP contribution in [0, 0.1) is 14.9 Å². The maximum Gasteiger partial charge on any atom is 0.574 e. The third-order valence-corrected chi connectivity index (χ3v) is 2.56. The Kier molecular flexibility index (Phi) is 4.53. The fourth-order valence-corrected chi connectivity index (χ4v) is 1.75. The SMILES string of the molecule is N#CCc1cc(I)c(OC(F)(F)F)nc1CN. The van der Waals surface area contributed by atoms with Gasteiger partial charge in [-0.3, -0.25) is 0 Å². The van der Waals surface area contributed by atoms with E-state index >= 15 is 0 Å². The first-order valence-corrected chi connectivity index (χ1v) is 5.46. The van der Waals surface area contributed by atoms with E-state index < -0.39 is 12.2 Å².